The van der Waals surface area contributed by atoms with Crippen LogP contribution in [0.5, 0.6) is 5.75 Å². The standard InChI is InChI=1S/C18H19N3O5S/c22-16-11-5-4-9-14(16)17(23)19-20-18(24)15-10-6-12-21(15)27(25,26)13-7-2-1-3-8-13/h1-5,7-9,11,15,22H,6,10,12H2,(H,19,23)(H,20,24)/t15-/m0/s1. The lowest BCUT2D eigenvalue weighted by Gasteiger charge is -2.23. The first kappa shape index (κ1) is 18.9. The van der Waals surface area contributed by atoms with E-state index in [0.29, 0.717) is 12.8 Å². The summed E-state index contributed by atoms with van der Waals surface area (Å²) >= 11 is 0. The molecule has 9 heteroatoms. The van der Waals surface area contributed by atoms with Crippen LogP contribution in [0.4, 0.5) is 0 Å². The van der Waals surface area contributed by atoms with Crippen LogP contribution < -0.4 is 10.9 Å². The molecule has 2 aromatic carbocycles. The lowest BCUT2D eigenvalue weighted by molar-refractivity contribution is -0.125. The van der Waals surface area contributed by atoms with Crippen molar-refractivity contribution in [1.29, 1.82) is 0 Å². The van der Waals surface area contributed by atoms with Gasteiger partial charge in [-0.05, 0) is 37.1 Å². The van der Waals surface area contributed by atoms with Crippen molar-refractivity contribution in [1.82, 2.24) is 15.2 Å². The maximum Gasteiger partial charge on any atom is 0.273 e. The Kier molecular flexibility index (Phi) is 5.43. The molecule has 27 heavy (non-hydrogen) atoms. The Morgan fingerprint density at radius 3 is 2.37 bits per heavy atom. The van der Waals surface area contributed by atoms with Gasteiger partial charge in [0.2, 0.25) is 10.0 Å². The van der Waals surface area contributed by atoms with Crippen LogP contribution in [0.15, 0.2) is 59.5 Å². The van der Waals surface area contributed by atoms with Crippen LogP contribution in [0.3, 0.4) is 0 Å². The summed E-state index contributed by atoms with van der Waals surface area (Å²) in [5.74, 6) is -1.55. The topological polar surface area (TPSA) is 116 Å². The number of para-hydroxylation sites is 1. The number of nitrogens with zero attached hydrogens (tertiary/aromatic N) is 1. The Morgan fingerprint density at radius 2 is 1.67 bits per heavy atom. The van der Waals surface area contributed by atoms with Gasteiger partial charge in [0.25, 0.3) is 11.8 Å². The van der Waals surface area contributed by atoms with Gasteiger partial charge in [0.15, 0.2) is 0 Å². The van der Waals surface area contributed by atoms with Crippen LogP contribution in [0.25, 0.3) is 0 Å². The van der Waals surface area contributed by atoms with E-state index in [4.69, 9.17) is 0 Å². The predicted octanol–water partition coefficient (Wildman–Crippen LogP) is 1.01. The lowest BCUT2D eigenvalue weighted by Crippen LogP contribution is -2.51. The highest BCUT2D eigenvalue weighted by Crippen LogP contribution is 2.26. The Labute approximate surface area is 156 Å². The quantitative estimate of drug-likeness (QED) is 0.675. The minimum atomic E-state index is -3.81. The van der Waals surface area contributed by atoms with E-state index in [0.717, 1.165) is 4.31 Å². The molecular weight excluding hydrogens is 370 g/mol. The van der Waals surface area contributed by atoms with Gasteiger partial charge in [-0.25, -0.2) is 8.42 Å². The summed E-state index contributed by atoms with van der Waals surface area (Å²) in [5.41, 5.74) is 4.45. The lowest BCUT2D eigenvalue weighted by atomic mass is 10.2. The molecule has 2 amide bonds. The molecule has 1 fully saturated rings. The molecule has 0 aliphatic carbocycles. The van der Waals surface area contributed by atoms with Gasteiger partial charge in [-0.1, -0.05) is 30.3 Å². The van der Waals surface area contributed by atoms with Crippen LogP contribution in [-0.2, 0) is 14.8 Å². The Hall–Kier alpha value is -2.91. The van der Waals surface area contributed by atoms with Crippen LogP contribution in [0.2, 0.25) is 0 Å². The van der Waals surface area contributed by atoms with E-state index in [1.165, 1.54) is 24.3 Å². The molecule has 0 saturated carbocycles. The van der Waals surface area contributed by atoms with E-state index in [1.54, 1.807) is 30.3 Å². The molecule has 0 unspecified atom stereocenters. The van der Waals surface area contributed by atoms with Crippen molar-refractivity contribution in [3.8, 4) is 5.75 Å². The fourth-order valence-corrected chi connectivity index (χ4v) is 4.63. The zero-order chi connectivity index (χ0) is 19.4. The first-order chi connectivity index (χ1) is 12.9. The molecule has 3 rings (SSSR count). The number of carbonyl (C=O) groups is 2. The second kappa shape index (κ2) is 7.77. The molecule has 1 atom stereocenters. The maximum atomic E-state index is 12.8. The van der Waals surface area contributed by atoms with Gasteiger partial charge < -0.3 is 5.11 Å². The van der Waals surface area contributed by atoms with Gasteiger partial charge in [0.05, 0.1) is 10.5 Å². The number of carbonyl (C=O) groups excluding carboxylic acids is 2. The zero-order valence-corrected chi connectivity index (χ0v) is 15.1. The van der Waals surface area contributed by atoms with E-state index in [2.05, 4.69) is 10.9 Å². The van der Waals surface area contributed by atoms with Gasteiger partial charge in [0, 0.05) is 6.54 Å². The van der Waals surface area contributed by atoms with Gasteiger partial charge in [0.1, 0.15) is 11.8 Å². The van der Waals surface area contributed by atoms with Gasteiger partial charge in [-0.15, -0.1) is 0 Å². The third kappa shape index (κ3) is 3.93. The highest BCUT2D eigenvalue weighted by atomic mass is 32.2. The van der Waals surface area contributed by atoms with Gasteiger partial charge in [-0.3, -0.25) is 20.4 Å². The third-order valence-electron chi connectivity index (χ3n) is 4.30. The van der Waals surface area contributed by atoms with Crippen molar-refractivity contribution in [2.24, 2.45) is 0 Å². The fraction of sp³-hybridized carbons (Fsp3) is 0.222. The fourth-order valence-electron chi connectivity index (χ4n) is 2.95. The van der Waals surface area contributed by atoms with Crippen LogP contribution in [-0.4, -0.2) is 42.2 Å². The summed E-state index contributed by atoms with van der Waals surface area (Å²) in [5, 5.41) is 9.67. The number of benzene rings is 2. The van der Waals surface area contributed by atoms with E-state index in [1.807, 2.05) is 0 Å². The molecule has 1 aliphatic heterocycles. The average molecular weight is 389 g/mol. The number of hydrogen-bond acceptors (Lipinski definition) is 5. The average Bonchev–Trinajstić information content (AvgIpc) is 3.18. The number of amides is 2. The number of phenols is 1. The SMILES string of the molecule is O=C(NNC(=O)[C@@H]1CCCN1S(=O)(=O)c1ccccc1)c1ccccc1O. The smallest absolute Gasteiger partial charge is 0.273 e. The molecule has 1 aliphatic rings. The van der Waals surface area contributed by atoms with Crippen molar-refractivity contribution in [3.05, 3.63) is 60.2 Å². The van der Waals surface area contributed by atoms with E-state index in [9.17, 15) is 23.1 Å². The number of hydrazine groups is 1. The monoisotopic (exact) mass is 389 g/mol. The highest BCUT2D eigenvalue weighted by molar-refractivity contribution is 7.89. The number of nitrogens with one attached hydrogen (secondary N) is 2. The van der Waals surface area contributed by atoms with Crippen molar-refractivity contribution < 1.29 is 23.1 Å². The summed E-state index contributed by atoms with van der Waals surface area (Å²) in [6.45, 7) is 0.225. The van der Waals surface area contributed by atoms with Crippen molar-refractivity contribution in [3.63, 3.8) is 0 Å². The van der Waals surface area contributed by atoms with Crippen molar-refractivity contribution >= 4 is 21.8 Å². The summed E-state index contributed by atoms with van der Waals surface area (Å²) < 4.78 is 26.7. The van der Waals surface area contributed by atoms with E-state index < -0.39 is 27.9 Å². The van der Waals surface area contributed by atoms with Gasteiger partial charge in [-0.2, -0.15) is 4.31 Å². The molecule has 142 valence electrons. The summed E-state index contributed by atoms with van der Waals surface area (Å²) in [7, 11) is -3.81. The Balaban J connectivity index is 1.69. The minimum absolute atomic E-state index is 0.00187. The first-order valence-electron chi connectivity index (χ1n) is 8.36. The largest absolute Gasteiger partial charge is 0.507 e. The first-order valence-corrected chi connectivity index (χ1v) is 9.80. The molecule has 2 aromatic rings. The number of aromatic hydroxyl groups is 1. The molecule has 1 heterocycles. The molecular formula is C18H19N3O5S. The number of rotatable bonds is 4. The van der Waals surface area contributed by atoms with Gasteiger partial charge >= 0.3 is 0 Å². The second-order valence-electron chi connectivity index (χ2n) is 6.05. The second-order valence-corrected chi connectivity index (χ2v) is 7.94. The normalized spacial score (nSPS) is 17.4. The van der Waals surface area contributed by atoms with Crippen LogP contribution in [0, 0.1) is 0 Å². The highest BCUT2D eigenvalue weighted by Gasteiger charge is 2.39. The molecule has 0 radical (unpaired) electrons. The van der Waals surface area contributed by atoms with Crippen LogP contribution >= 0.6 is 0 Å². The summed E-state index contributed by atoms with van der Waals surface area (Å²) in [6, 6.07) is 12.9. The van der Waals surface area contributed by atoms with E-state index >= 15 is 0 Å². The van der Waals surface area contributed by atoms with Crippen LogP contribution in [0.1, 0.15) is 23.2 Å². The number of sulfonamides is 1. The van der Waals surface area contributed by atoms with Crippen molar-refractivity contribution in [2.75, 3.05) is 6.54 Å². The maximum absolute atomic E-state index is 12.8. The zero-order valence-electron chi connectivity index (χ0n) is 14.3. The van der Waals surface area contributed by atoms with Crippen molar-refractivity contribution in [2.45, 2.75) is 23.8 Å². The number of phenolic OH excluding ortho intramolecular Hbond substituents is 1. The third-order valence-corrected chi connectivity index (χ3v) is 6.23. The molecule has 1 saturated heterocycles. The van der Waals surface area contributed by atoms with E-state index in [-0.39, 0.29) is 22.8 Å². The molecule has 0 bridgehead atoms. The minimum Gasteiger partial charge on any atom is -0.507 e. The summed E-state index contributed by atoms with van der Waals surface area (Å²) in [4.78, 5) is 24.6. The molecule has 0 spiro atoms. The molecule has 8 nitrogen and oxygen atoms in total. The molecule has 0 aromatic heterocycles. The summed E-state index contributed by atoms with van der Waals surface area (Å²) in [6.07, 6.45) is 0.891. The Bertz CT molecular complexity index is 946. The Morgan fingerprint density at radius 1 is 1.00 bits per heavy atom. The number of hydrogen-bond donors (Lipinski definition) is 3. The predicted molar refractivity (Wildman–Crippen MR) is 97.1 cm³/mol. The molecule has 3 N–H and O–H groups in total.